The molecule has 1 aromatic heterocycles. The molecule has 2 aromatic rings. The first-order valence-electron chi connectivity index (χ1n) is 9.00. The first kappa shape index (κ1) is 17.6. The molecule has 0 bridgehead atoms. The van der Waals surface area contributed by atoms with E-state index in [2.05, 4.69) is 11.6 Å². The largest absolute Gasteiger partial charge is 0.388 e. The third-order valence-electron chi connectivity index (χ3n) is 5.41. The molecule has 0 aliphatic carbocycles. The normalized spacial score (nSPS) is 21.9. The van der Waals surface area contributed by atoms with Gasteiger partial charge in [-0.3, -0.25) is 9.78 Å². The van der Waals surface area contributed by atoms with Gasteiger partial charge < -0.3 is 10.0 Å². The summed E-state index contributed by atoms with van der Waals surface area (Å²) >= 11 is 0. The zero-order valence-electron chi connectivity index (χ0n) is 14.8. The van der Waals surface area contributed by atoms with Crippen LogP contribution in [0.15, 0.2) is 49.2 Å². The van der Waals surface area contributed by atoms with E-state index in [1.54, 1.807) is 13.1 Å². The Balaban J connectivity index is 1.66. The van der Waals surface area contributed by atoms with Crippen molar-refractivity contribution in [2.24, 2.45) is 11.8 Å². The molecule has 1 saturated heterocycles. The van der Waals surface area contributed by atoms with Gasteiger partial charge in [-0.1, -0.05) is 24.3 Å². The predicted octanol–water partition coefficient (Wildman–Crippen LogP) is 3.72. The summed E-state index contributed by atoms with van der Waals surface area (Å²) in [6.07, 6.45) is 5.85. The first-order chi connectivity index (χ1) is 12.1. The van der Waals surface area contributed by atoms with Gasteiger partial charge in [0.05, 0.1) is 11.6 Å². The molecule has 1 amide bonds. The number of amides is 1. The number of piperidine rings is 1. The van der Waals surface area contributed by atoms with Gasteiger partial charge in [0.25, 0.3) is 0 Å². The highest BCUT2D eigenvalue weighted by atomic mass is 16.3. The van der Waals surface area contributed by atoms with E-state index in [9.17, 15) is 9.90 Å². The van der Waals surface area contributed by atoms with Crippen molar-refractivity contribution in [3.8, 4) is 0 Å². The van der Waals surface area contributed by atoms with Crippen LogP contribution in [0.25, 0.3) is 10.9 Å². The average molecular weight is 338 g/mol. The Morgan fingerprint density at radius 1 is 1.44 bits per heavy atom. The number of rotatable bonds is 5. The highest BCUT2D eigenvalue weighted by molar-refractivity contribution is 5.82. The van der Waals surface area contributed by atoms with Crippen LogP contribution in [0.5, 0.6) is 0 Å². The lowest BCUT2D eigenvalue weighted by Crippen LogP contribution is -2.42. The number of hydrogen-bond donors (Lipinski definition) is 1. The zero-order valence-corrected chi connectivity index (χ0v) is 14.8. The summed E-state index contributed by atoms with van der Waals surface area (Å²) in [5.74, 6) is 0.906. The van der Waals surface area contributed by atoms with Gasteiger partial charge in [-0.15, -0.1) is 6.58 Å². The van der Waals surface area contributed by atoms with Gasteiger partial charge in [0, 0.05) is 31.6 Å². The van der Waals surface area contributed by atoms with E-state index in [4.69, 9.17) is 0 Å². The SMILES string of the molecule is C=CC1CN(C(C)=O)CCC1CCC(O)c1ccnc2ccccc12. The van der Waals surface area contributed by atoms with Gasteiger partial charge in [-0.05, 0) is 48.8 Å². The van der Waals surface area contributed by atoms with Crippen LogP contribution in [0, 0.1) is 11.8 Å². The van der Waals surface area contributed by atoms with Gasteiger partial charge in [-0.2, -0.15) is 0 Å². The van der Waals surface area contributed by atoms with E-state index < -0.39 is 6.10 Å². The molecule has 2 heterocycles. The van der Waals surface area contributed by atoms with Gasteiger partial charge in [0.2, 0.25) is 5.91 Å². The van der Waals surface area contributed by atoms with Crippen molar-refractivity contribution in [3.05, 3.63) is 54.7 Å². The van der Waals surface area contributed by atoms with Crippen molar-refractivity contribution in [1.82, 2.24) is 9.88 Å². The quantitative estimate of drug-likeness (QED) is 0.846. The number of nitrogens with zero attached hydrogens (tertiary/aromatic N) is 2. The average Bonchev–Trinajstić information content (AvgIpc) is 2.65. The molecule has 1 aliphatic heterocycles. The molecule has 3 atom stereocenters. The molecular weight excluding hydrogens is 312 g/mol. The van der Waals surface area contributed by atoms with E-state index in [0.717, 1.165) is 42.4 Å². The van der Waals surface area contributed by atoms with Crippen LogP contribution in [0.4, 0.5) is 0 Å². The van der Waals surface area contributed by atoms with Crippen molar-refractivity contribution in [2.45, 2.75) is 32.3 Å². The van der Waals surface area contributed by atoms with Gasteiger partial charge in [-0.25, -0.2) is 0 Å². The molecule has 132 valence electrons. The highest BCUT2D eigenvalue weighted by Crippen LogP contribution is 2.33. The maximum atomic E-state index is 11.6. The van der Waals surface area contributed by atoms with E-state index in [1.165, 1.54) is 0 Å². The second-order valence-electron chi connectivity index (χ2n) is 6.92. The minimum absolute atomic E-state index is 0.133. The van der Waals surface area contributed by atoms with E-state index in [0.29, 0.717) is 18.3 Å². The molecule has 1 N–H and O–H groups in total. The third kappa shape index (κ3) is 3.90. The topological polar surface area (TPSA) is 53.4 Å². The molecule has 1 aliphatic rings. The Kier molecular flexibility index (Phi) is 5.49. The van der Waals surface area contributed by atoms with Crippen LogP contribution in [0.3, 0.4) is 0 Å². The minimum Gasteiger partial charge on any atom is -0.388 e. The number of carbonyl (C=O) groups is 1. The summed E-state index contributed by atoms with van der Waals surface area (Å²) in [4.78, 5) is 17.8. The monoisotopic (exact) mass is 338 g/mol. The van der Waals surface area contributed by atoms with Crippen LogP contribution in [-0.2, 0) is 4.79 Å². The second-order valence-corrected chi connectivity index (χ2v) is 6.92. The fourth-order valence-corrected chi connectivity index (χ4v) is 3.88. The molecular formula is C21H26N2O2. The summed E-state index contributed by atoms with van der Waals surface area (Å²) < 4.78 is 0. The van der Waals surface area contributed by atoms with Crippen LogP contribution < -0.4 is 0 Å². The Morgan fingerprint density at radius 2 is 2.24 bits per heavy atom. The number of carbonyl (C=O) groups excluding carboxylic acids is 1. The van der Waals surface area contributed by atoms with Gasteiger partial charge in [0.1, 0.15) is 0 Å². The fourth-order valence-electron chi connectivity index (χ4n) is 3.88. The highest BCUT2D eigenvalue weighted by Gasteiger charge is 2.28. The third-order valence-corrected chi connectivity index (χ3v) is 5.41. The second kappa shape index (κ2) is 7.79. The van der Waals surface area contributed by atoms with Crippen molar-refractivity contribution in [2.75, 3.05) is 13.1 Å². The van der Waals surface area contributed by atoms with Crippen LogP contribution in [-0.4, -0.2) is 34.0 Å². The van der Waals surface area contributed by atoms with Crippen molar-refractivity contribution >= 4 is 16.8 Å². The number of aliphatic hydroxyl groups is 1. The number of pyridine rings is 1. The molecule has 1 fully saturated rings. The molecule has 4 nitrogen and oxygen atoms in total. The van der Waals surface area contributed by atoms with Crippen molar-refractivity contribution < 1.29 is 9.90 Å². The van der Waals surface area contributed by atoms with Crippen molar-refractivity contribution in [1.29, 1.82) is 0 Å². The molecule has 1 aromatic carbocycles. The minimum atomic E-state index is -0.496. The summed E-state index contributed by atoms with van der Waals surface area (Å²) in [6, 6.07) is 9.83. The maximum Gasteiger partial charge on any atom is 0.219 e. The molecule has 0 saturated carbocycles. The maximum absolute atomic E-state index is 11.6. The van der Waals surface area contributed by atoms with E-state index in [-0.39, 0.29) is 5.91 Å². The lowest BCUT2D eigenvalue weighted by atomic mass is 9.81. The van der Waals surface area contributed by atoms with Crippen LogP contribution in [0.1, 0.15) is 37.9 Å². The Labute approximate surface area is 149 Å². The smallest absolute Gasteiger partial charge is 0.219 e. The standard InChI is InChI=1S/C21H26N2O2/c1-3-16-14-23(15(2)24)13-11-17(16)8-9-21(25)19-10-12-22-20-7-5-4-6-18(19)20/h3-7,10,12,16-17,21,25H,1,8-9,11,13-14H2,2H3. The Hall–Kier alpha value is -2.20. The number of benzene rings is 1. The van der Waals surface area contributed by atoms with E-state index in [1.807, 2.05) is 41.3 Å². The molecule has 3 unspecified atom stereocenters. The predicted molar refractivity (Wildman–Crippen MR) is 100.0 cm³/mol. The first-order valence-corrected chi connectivity index (χ1v) is 9.00. The lowest BCUT2D eigenvalue weighted by molar-refractivity contribution is -0.131. The fraction of sp³-hybridized carbons (Fsp3) is 0.429. The van der Waals surface area contributed by atoms with E-state index >= 15 is 0 Å². The number of fused-ring (bicyclic) bond motifs is 1. The number of aliphatic hydroxyl groups excluding tert-OH is 1. The lowest BCUT2D eigenvalue weighted by Gasteiger charge is -2.37. The Bertz CT molecular complexity index is 753. The number of aromatic nitrogens is 1. The Morgan fingerprint density at radius 3 is 3.00 bits per heavy atom. The zero-order chi connectivity index (χ0) is 17.8. The van der Waals surface area contributed by atoms with Crippen LogP contribution in [0.2, 0.25) is 0 Å². The molecule has 0 radical (unpaired) electrons. The summed E-state index contributed by atoms with van der Waals surface area (Å²) in [5.41, 5.74) is 1.86. The van der Waals surface area contributed by atoms with Gasteiger partial charge in [0.15, 0.2) is 0 Å². The summed E-state index contributed by atoms with van der Waals surface area (Å²) in [6.45, 7) is 7.12. The molecule has 3 rings (SSSR count). The molecule has 25 heavy (non-hydrogen) atoms. The molecule has 0 spiro atoms. The summed E-state index contributed by atoms with van der Waals surface area (Å²) in [7, 11) is 0. The number of hydrogen-bond acceptors (Lipinski definition) is 3. The number of likely N-dealkylation sites (tertiary alicyclic amines) is 1. The summed E-state index contributed by atoms with van der Waals surface area (Å²) in [5, 5.41) is 11.7. The van der Waals surface area contributed by atoms with Crippen LogP contribution >= 0.6 is 0 Å². The molecule has 4 heteroatoms. The number of para-hydroxylation sites is 1. The van der Waals surface area contributed by atoms with Gasteiger partial charge >= 0.3 is 0 Å². The van der Waals surface area contributed by atoms with Crippen molar-refractivity contribution in [3.63, 3.8) is 0 Å².